The molecule has 0 unspecified atom stereocenters. The van der Waals surface area contributed by atoms with Gasteiger partial charge in [-0.15, -0.1) is 0 Å². The van der Waals surface area contributed by atoms with Gasteiger partial charge in [0.05, 0.1) is 25.3 Å². The molecule has 0 aromatic heterocycles. The molecule has 0 saturated heterocycles. The van der Waals surface area contributed by atoms with Crippen molar-refractivity contribution in [3.05, 3.63) is 29.3 Å². The molecule has 6 heteroatoms. The lowest BCUT2D eigenvalue weighted by Gasteiger charge is -2.27. The molecular formula is C18H23NO5. The molecule has 1 aromatic rings. The van der Waals surface area contributed by atoms with Crippen molar-refractivity contribution in [3.8, 4) is 5.75 Å². The minimum absolute atomic E-state index is 0.0371. The van der Waals surface area contributed by atoms with E-state index in [1.54, 1.807) is 23.1 Å². The molecule has 0 bridgehead atoms. The number of nitrogens with zero attached hydrogens (tertiary/aromatic N) is 1. The lowest BCUT2D eigenvalue weighted by atomic mass is 10.1. The molecule has 1 aliphatic carbocycles. The highest BCUT2D eigenvalue weighted by Gasteiger charge is 2.30. The van der Waals surface area contributed by atoms with Crippen molar-refractivity contribution in [1.29, 1.82) is 0 Å². The van der Waals surface area contributed by atoms with E-state index < -0.39 is 5.97 Å². The Morgan fingerprint density at radius 1 is 1.25 bits per heavy atom. The van der Waals surface area contributed by atoms with E-state index in [1.165, 1.54) is 7.11 Å². The van der Waals surface area contributed by atoms with Gasteiger partial charge in [0, 0.05) is 5.56 Å². The van der Waals surface area contributed by atoms with Gasteiger partial charge >= 0.3 is 12.1 Å². The van der Waals surface area contributed by atoms with Crippen LogP contribution in [0.15, 0.2) is 18.2 Å². The zero-order valence-corrected chi connectivity index (χ0v) is 14.1. The fourth-order valence-corrected chi connectivity index (χ4v) is 3.17. The summed E-state index contributed by atoms with van der Waals surface area (Å²) in [6, 6.07) is 5.05. The molecule has 130 valence electrons. The van der Waals surface area contributed by atoms with E-state index in [9.17, 15) is 9.59 Å². The maximum absolute atomic E-state index is 12.5. The summed E-state index contributed by atoms with van der Waals surface area (Å²) in [6.07, 6.45) is 3.89. The fraction of sp³-hybridized carbons (Fsp3) is 0.556. The number of carbonyl (C=O) groups excluding carboxylic acids is 2. The highest BCUT2D eigenvalue weighted by atomic mass is 16.6. The third kappa shape index (κ3) is 3.47. The molecule has 1 aromatic carbocycles. The molecule has 1 atom stereocenters. The fourth-order valence-electron chi connectivity index (χ4n) is 3.17. The number of carbonyl (C=O) groups is 2. The van der Waals surface area contributed by atoms with Crippen LogP contribution in [0.3, 0.4) is 0 Å². The van der Waals surface area contributed by atoms with Crippen LogP contribution in [-0.4, -0.2) is 42.8 Å². The summed E-state index contributed by atoms with van der Waals surface area (Å²) in [5.41, 5.74) is 1.29. The van der Waals surface area contributed by atoms with E-state index in [0.29, 0.717) is 24.5 Å². The van der Waals surface area contributed by atoms with Crippen LogP contribution in [0, 0.1) is 0 Å². The Morgan fingerprint density at radius 3 is 2.71 bits per heavy atom. The molecule has 6 nitrogen and oxygen atoms in total. The minimum Gasteiger partial charge on any atom is -0.491 e. The average Bonchev–Trinajstić information content (AvgIpc) is 3.03. The van der Waals surface area contributed by atoms with E-state index >= 15 is 0 Å². The molecule has 0 spiro atoms. The van der Waals surface area contributed by atoms with Gasteiger partial charge in [0.25, 0.3) is 0 Å². The van der Waals surface area contributed by atoms with Gasteiger partial charge in [-0.2, -0.15) is 0 Å². The zero-order valence-electron chi connectivity index (χ0n) is 14.1. The summed E-state index contributed by atoms with van der Waals surface area (Å²) in [6.45, 7) is 2.70. The Morgan fingerprint density at radius 2 is 2.00 bits per heavy atom. The van der Waals surface area contributed by atoms with Crippen molar-refractivity contribution in [2.45, 2.75) is 51.3 Å². The van der Waals surface area contributed by atoms with Crippen molar-refractivity contribution in [3.63, 3.8) is 0 Å². The lowest BCUT2D eigenvalue weighted by Crippen LogP contribution is -2.41. The number of hydrogen-bond donors (Lipinski definition) is 0. The first-order chi connectivity index (χ1) is 11.6. The van der Waals surface area contributed by atoms with Gasteiger partial charge in [0.2, 0.25) is 0 Å². The van der Waals surface area contributed by atoms with Crippen LogP contribution >= 0.6 is 0 Å². The quantitative estimate of drug-likeness (QED) is 0.778. The highest BCUT2D eigenvalue weighted by Crippen LogP contribution is 2.28. The number of methoxy groups -OCH3 is 1. The number of esters is 1. The van der Waals surface area contributed by atoms with Gasteiger partial charge in [-0.3, -0.25) is 4.90 Å². The summed E-state index contributed by atoms with van der Waals surface area (Å²) in [5.74, 6) is 0.206. The number of ether oxygens (including phenoxy) is 3. The topological polar surface area (TPSA) is 65.1 Å². The van der Waals surface area contributed by atoms with Crippen LogP contribution in [0.1, 0.15) is 48.5 Å². The number of hydrogen-bond acceptors (Lipinski definition) is 5. The van der Waals surface area contributed by atoms with Gasteiger partial charge in [-0.25, -0.2) is 9.59 Å². The Labute approximate surface area is 141 Å². The number of amides is 1. The van der Waals surface area contributed by atoms with E-state index in [-0.39, 0.29) is 18.2 Å². The van der Waals surface area contributed by atoms with E-state index in [4.69, 9.17) is 14.2 Å². The van der Waals surface area contributed by atoms with Crippen LogP contribution < -0.4 is 4.74 Å². The molecule has 1 saturated carbocycles. The third-order valence-corrected chi connectivity index (χ3v) is 4.65. The van der Waals surface area contributed by atoms with Crippen LogP contribution in [-0.2, 0) is 16.0 Å². The first kappa shape index (κ1) is 16.6. The van der Waals surface area contributed by atoms with E-state index in [2.05, 4.69) is 0 Å². The minimum atomic E-state index is -0.406. The van der Waals surface area contributed by atoms with E-state index in [0.717, 1.165) is 31.2 Å². The summed E-state index contributed by atoms with van der Waals surface area (Å²) in [5, 5.41) is 0. The first-order valence-corrected chi connectivity index (χ1v) is 8.39. The molecule has 3 rings (SSSR count). The number of rotatable bonds is 2. The second kappa shape index (κ2) is 7.11. The summed E-state index contributed by atoms with van der Waals surface area (Å²) in [4.78, 5) is 25.9. The van der Waals surface area contributed by atoms with Crippen LogP contribution in [0.5, 0.6) is 5.75 Å². The number of benzene rings is 1. The normalized spacial score (nSPS) is 20.8. The standard InChI is InChI=1S/C18H23NO5/c1-12-11-23-16-9-13(17(20)22-2)7-8-14(16)10-19(12)18(21)24-15-5-3-4-6-15/h7-9,12,15H,3-6,10-11H2,1-2H3/t12-/m0/s1. The third-order valence-electron chi connectivity index (χ3n) is 4.65. The second-order valence-corrected chi connectivity index (χ2v) is 6.39. The molecule has 1 heterocycles. The second-order valence-electron chi connectivity index (χ2n) is 6.39. The Balaban J connectivity index is 1.76. The van der Waals surface area contributed by atoms with Gasteiger partial charge in [0.15, 0.2) is 0 Å². The smallest absolute Gasteiger partial charge is 0.410 e. The lowest BCUT2D eigenvalue weighted by molar-refractivity contribution is 0.0485. The Hall–Kier alpha value is -2.24. The molecule has 2 aliphatic rings. The van der Waals surface area contributed by atoms with Crippen molar-refractivity contribution in [1.82, 2.24) is 4.90 Å². The van der Waals surface area contributed by atoms with Crippen LogP contribution in [0.2, 0.25) is 0 Å². The average molecular weight is 333 g/mol. The SMILES string of the molecule is COC(=O)c1ccc2c(c1)OC[C@H](C)N(C(=O)OC1CCCC1)C2. The monoisotopic (exact) mass is 333 g/mol. The van der Waals surface area contributed by atoms with Gasteiger partial charge in [0.1, 0.15) is 18.5 Å². The molecule has 24 heavy (non-hydrogen) atoms. The Bertz CT molecular complexity index is 624. The van der Waals surface area contributed by atoms with E-state index in [1.807, 2.05) is 6.92 Å². The summed E-state index contributed by atoms with van der Waals surface area (Å²) < 4.78 is 16.2. The molecule has 0 radical (unpaired) electrons. The maximum atomic E-state index is 12.5. The molecule has 1 amide bonds. The largest absolute Gasteiger partial charge is 0.491 e. The number of fused-ring (bicyclic) bond motifs is 1. The van der Waals surface area contributed by atoms with Gasteiger partial charge < -0.3 is 14.2 Å². The van der Waals surface area contributed by atoms with Crippen molar-refractivity contribution < 1.29 is 23.8 Å². The van der Waals surface area contributed by atoms with Gasteiger partial charge in [-0.05, 0) is 44.7 Å². The van der Waals surface area contributed by atoms with Crippen molar-refractivity contribution in [2.24, 2.45) is 0 Å². The molecule has 1 aliphatic heterocycles. The predicted octanol–water partition coefficient (Wildman–Crippen LogP) is 3.14. The molecule has 0 N–H and O–H groups in total. The van der Waals surface area contributed by atoms with Crippen molar-refractivity contribution >= 4 is 12.1 Å². The van der Waals surface area contributed by atoms with Crippen LogP contribution in [0.25, 0.3) is 0 Å². The highest BCUT2D eigenvalue weighted by molar-refractivity contribution is 5.90. The van der Waals surface area contributed by atoms with Crippen LogP contribution in [0.4, 0.5) is 4.79 Å². The maximum Gasteiger partial charge on any atom is 0.410 e. The summed E-state index contributed by atoms with van der Waals surface area (Å²) >= 11 is 0. The Kier molecular flexibility index (Phi) is 4.92. The molecule has 1 fully saturated rings. The van der Waals surface area contributed by atoms with Crippen molar-refractivity contribution in [2.75, 3.05) is 13.7 Å². The molecular weight excluding hydrogens is 310 g/mol. The summed E-state index contributed by atoms with van der Waals surface area (Å²) in [7, 11) is 1.34. The first-order valence-electron chi connectivity index (χ1n) is 8.39. The zero-order chi connectivity index (χ0) is 17.1. The predicted molar refractivity (Wildman–Crippen MR) is 87.0 cm³/mol. The van der Waals surface area contributed by atoms with Gasteiger partial charge in [-0.1, -0.05) is 6.07 Å².